The molecule has 0 radical (unpaired) electrons. The van der Waals surface area contributed by atoms with Crippen LogP contribution in [0.25, 0.3) is 54.9 Å². The Bertz CT molecular complexity index is 1950. The van der Waals surface area contributed by atoms with Crippen molar-refractivity contribution < 1.29 is 29.2 Å². The number of phenolic OH excluding ortho intramolecular Hbond substituents is 2. The first-order chi connectivity index (χ1) is 24.5. The minimum absolute atomic E-state index is 0.0396. The van der Waals surface area contributed by atoms with Crippen LogP contribution in [0.5, 0.6) is 34.5 Å². The SMILES string of the molecule is CCCOc1ccc(OCCC)c(-c2cc3ccccc3c(-c3c(O)c(-c4cc(OCCC)ccc4OCCC)cc4ccccc34)c2O)c1. The molecule has 258 valence electrons. The Labute approximate surface area is 294 Å². The van der Waals surface area contributed by atoms with E-state index in [1.54, 1.807) is 0 Å². The summed E-state index contributed by atoms with van der Waals surface area (Å²) >= 11 is 0. The minimum atomic E-state index is 0.0396. The summed E-state index contributed by atoms with van der Waals surface area (Å²) in [6, 6.07) is 31.4. The van der Waals surface area contributed by atoms with E-state index in [4.69, 9.17) is 18.9 Å². The molecule has 6 heteroatoms. The van der Waals surface area contributed by atoms with E-state index in [0.717, 1.165) is 47.2 Å². The number of hydrogen-bond donors (Lipinski definition) is 2. The zero-order valence-corrected chi connectivity index (χ0v) is 29.4. The van der Waals surface area contributed by atoms with E-state index < -0.39 is 0 Å². The Morgan fingerprint density at radius 1 is 0.420 bits per heavy atom. The number of aromatic hydroxyl groups is 2. The fraction of sp³-hybridized carbons (Fsp3) is 0.273. The highest BCUT2D eigenvalue weighted by Crippen LogP contribution is 2.53. The van der Waals surface area contributed by atoms with Crippen LogP contribution in [-0.2, 0) is 0 Å². The van der Waals surface area contributed by atoms with E-state index in [0.29, 0.717) is 82.8 Å². The van der Waals surface area contributed by atoms with E-state index >= 15 is 0 Å². The minimum Gasteiger partial charge on any atom is -0.507 e. The van der Waals surface area contributed by atoms with Gasteiger partial charge in [-0.3, -0.25) is 0 Å². The van der Waals surface area contributed by atoms with Gasteiger partial charge in [-0.1, -0.05) is 76.2 Å². The summed E-state index contributed by atoms with van der Waals surface area (Å²) < 4.78 is 24.5. The molecule has 6 aromatic rings. The van der Waals surface area contributed by atoms with Crippen LogP contribution in [0.15, 0.2) is 97.1 Å². The summed E-state index contributed by atoms with van der Waals surface area (Å²) in [6.45, 7) is 10.5. The average molecular weight is 671 g/mol. The first-order valence-electron chi connectivity index (χ1n) is 17.8. The third kappa shape index (κ3) is 7.02. The second-order valence-corrected chi connectivity index (χ2v) is 12.4. The molecule has 0 aromatic heterocycles. The second-order valence-electron chi connectivity index (χ2n) is 12.4. The third-order valence-corrected chi connectivity index (χ3v) is 8.65. The largest absolute Gasteiger partial charge is 0.507 e. The molecule has 0 unspecified atom stereocenters. The van der Waals surface area contributed by atoms with Crippen LogP contribution in [-0.4, -0.2) is 36.6 Å². The zero-order valence-electron chi connectivity index (χ0n) is 29.4. The molecule has 2 N–H and O–H groups in total. The van der Waals surface area contributed by atoms with Gasteiger partial charge in [0.1, 0.15) is 34.5 Å². The van der Waals surface area contributed by atoms with Crippen molar-refractivity contribution in [2.45, 2.75) is 53.4 Å². The van der Waals surface area contributed by atoms with Crippen LogP contribution in [0.2, 0.25) is 0 Å². The van der Waals surface area contributed by atoms with Crippen molar-refractivity contribution in [3.63, 3.8) is 0 Å². The fourth-order valence-electron chi connectivity index (χ4n) is 6.32. The van der Waals surface area contributed by atoms with E-state index in [1.165, 1.54) is 0 Å². The van der Waals surface area contributed by atoms with Gasteiger partial charge in [0, 0.05) is 33.4 Å². The highest BCUT2D eigenvalue weighted by atomic mass is 16.5. The topological polar surface area (TPSA) is 77.4 Å². The van der Waals surface area contributed by atoms with E-state index in [-0.39, 0.29) is 11.5 Å². The molecule has 0 spiro atoms. The summed E-state index contributed by atoms with van der Waals surface area (Å²) in [7, 11) is 0. The molecule has 0 saturated heterocycles. The Balaban J connectivity index is 1.67. The van der Waals surface area contributed by atoms with Gasteiger partial charge in [-0.05, 0) is 95.8 Å². The summed E-state index contributed by atoms with van der Waals surface area (Å²) in [4.78, 5) is 0. The number of benzene rings is 6. The molecule has 0 bridgehead atoms. The van der Waals surface area contributed by atoms with Gasteiger partial charge in [0.15, 0.2) is 0 Å². The molecular formula is C44H46O6. The lowest BCUT2D eigenvalue weighted by atomic mass is 9.86. The molecule has 0 saturated carbocycles. The number of rotatable bonds is 15. The van der Waals surface area contributed by atoms with Gasteiger partial charge < -0.3 is 29.2 Å². The van der Waals surface area contributed by atoms with Gasteiger partial charge in [0.2, 0.25) is 0 Å². The van der Waals surface area contributed by atoms with Crippen LogP contribution in [0.1, 0.15) is 53.4 Å². The van der Waals surface area contributed by atoms with Crippen molar-refractivity contribution in [1.29, 1.82) is 0 Å². The van der Waals surface area contributed by atoms with Gasteiger partial charge in [0.05, 0.1) is 26.4 Å². The second kappa shape index (κ2) is 15.9. The molecule has 0 amide bonds. The first kappa shape index (κ1) is 34.5. The molecule has 0 fully saturated rings. The molecule has 0 aliphatic carbocycles. The maximum absolute atomic E-state index is 12.5. The highest BCUT2D eigenvalue weighted by molar-refractivity contribution is 6.14. The quantitative estimate of drug-likeness (QED) is 0.113. The predicted molar refractivity (Wildman–Crippen MR) is 204 cm³/mol. The molecule has 0 atom stereocenters. The average Bonchev–Trinajstić information content (AvgIpc) is 3.15. The first-order valence-corrected chi connectivity index (χ1v) is 17.8. The molecule has 6 aromatic carbocycles. The van der Waals surface area contributed by atoms with Crippen LogP contribution in [0.4, 0.5) is 0 Å². The summed E-state index contributed by atoms with van der Waals surface area (Å²) in [5.41, 5.74) is 3.67. The van der Waals surface area contributed by atoms with Gasteiger partial charge in [-0.25, -0.2) is 0 Å². The van der Waals surface area contributed by atoms with Crippen LogP contribution >= 0.6 is 0 Å². The standard InChI is InChI=1S/C44H46O6/c1-5-21-47-31-17-19-39(49-23-7-3)35(27-31)37-25-29-13-9-11-15-33(29)41(43(37)45)42-34-16-12-10-14-30(34)26-38(44(42)46)36-28-32(48-22-6-2)18-20-40(36)50-24-8-4/h9-20,25-28,45-46H,5-8,21-24H2,1-4H3. The fourth-order valence-corrected chi connectivity index (χ4v) is 6.32. The van der Waals surface area contributed by atoms with Crippen LogP contribution < -0.4 is 18.9 Å². The molecule has 0 heterocycles. The smallest absolute Gasteiger partial charge is 0.132 e. The number of fused-ring (bicyclic) bond motifs is 2. The third-order valence-electron chi connectivity index (χ3n) is 8.65. The predicted octanol–water partition coefficient (Wildman–Crippen LogP) is 11.6. The molecule has 6 rings (SSSR count). The Hall–Kier alpha value is -5.36. The van der Waals surface area contributed by atoms with Gasteiger partial charge in [-0.2, -0.15) is 0 Å². The number of hydrogen-bond acceptors (Lipinski definition) is 6. The molecule has 0 aliphatic rings. The summed E-state index contributed by atoms with van der Waals surface area (Å²) in [5, 5.41) is 28.5. The van der Waals surface area contributed by atoms with E-state index in [2.05, 4.69) is 27.7 Å². The lowest BCUT2D eigenvalue weighted by Crippen LogP contribution is -2.00. The van der Waals surface area contributed by atoms with Crippen LogP contribution in [0, 0.1) is 0 Å². The molecule has 50 heavy (non-hydrogen) atoms. The Morgan fingerprint density at radius 3 is 1.20 bits per heavy atom. The van der Waals surface area contributed by atoms with Gasteiger partial charge in [0.25, 0.3) is 0 Å². The maximum atomic E-state index is 12.5. The van der Waals surface area contributed by atoms with E-state index in [9.17, 15) is 10.2 Å². The molecular weight excluding hydrogens is 624 g/mol. The van der Waals surface area contributed by atoms with Crippen molar-refractivity contribution in [1.82, 2.24) is 0 Å². The zero-order chi connectivity index (χ0) is 35.0. The van der Waals surface area contributed by atoms with Crippen molar-refractivity contribution in [2.24, 2.45) is 0 Å². The lowest BCUT2D eigenvalue weighted by Gasteiger charge is -2.21. The number of phenols is 2. The van der Waals surface area contributed by atoms with Gasteiger partial charge >= 0.3 is 0 Å². The highest BCUT2D eigenvalue weighted by Gasteiger charge is 2.25. The number of ether oxygens (including phenoxy) is 4. The Morgan fingerprint density at radius 2 is 0.800 bits per heavy atom. The Kier molecular flexibility index (Phi) is 11.0. The van der Waals surface area contributed by atoms with Crippen molar-refractivity contribution in [3.8, 4) is 67.9 Å². The lowest BCUT2D eigenvalue weighted by molar-refractivity contribution is 0.309. The van der Waals surface area contributed by atoms with Crippen molar-refractivity contribution in [2.75, 3.05) is 26.4 Å². The maximum Gasteiger partial charge on any atom is 0.132 e. The van der Waals surface area contributed by atoms with E-state index in [1.807, 2.05) is 97.1 Å². The van der Waals surface area contributed by atoms with Gasteiger partial charge in [-0.15, -0.1) is 0 Å². The van der Waals surface area contributed by atoms with Crippen molar-refractivity contribution >= 4 is 21.5 Å². The monoisotopic (exact) mass is 670 g/mol. The van der Waals surface area contributed by atoms with Crippen molar-refractivity contribution in [3.05, 3.63) is 97.1 Å². The normalized spacial score (nSPS) is 11.2. The summed E-state index contributed by atoms with van der Waals surface area (Å²) in [5.74, 6) is 2.77. The molecule has 6 nitrogen and oxygen atoms in total. The summed E-state index contributed by atoms with van der Waals surface area (Å²) in [6.07, 6.45) is 3.42. The molecule has 0 aliphatic heterocycles. The van der Waals surface area contributed by atoms with Crippen LogP contribution in [0.3, 0.4) is 0 Å².